The molecular weight excluding hydrogens is 180 g/mol. The number of nitrogens with zero attached hydrogens (tertiary/aromatic N) is 1. The lowest BCUT2D eigenvalue weighted by molar-refractivity contribution is -0.0498. The van der Waals surface area contributed by atoms with Crippen LogP contribution < -0.4 is 9.47 Å². The minimum absolute atomic E-state index is 0.0280. The van der Waals surface area contributed by atoms with Crippen molar-refractivity contribution >= 4 is 0 Å². The third-order valence-corrected chi connectivity index (χ3v) is 1.21. The molecule has 0 unspecified atom stereocenters. The average Bonchev–Trinajstić information content (AvgIpc) is 2.08. The van der Waals surface area contributed by atoms with Gasteiger partial charge in [-0.1, -0.05) is 0 Å². The molecule has 0 aromatic heterocycles. The summed E-state index contributed by atoms with van der Waals surface area (Å²) >= 11 is 0. The number of benzene rings is 1. The van der Waals surface area contributed by atoms with Crippen LogP contribution in [0.25, 0.3) is 0 Å². The van der Waals surface area contributed by atoms with Crippen LogP contribution in [-0.2, 0) is 0 Å². The minimum Gasteiger partial charge on any atom is -0.435 e. The highest BCUT2D eigenvalue weighted by Gasteiger charge is 2.03. The summed E-state index contributed by atoms with van der Waals surface area (Å²) in [5.74, 6) is 0.310. The van der Waals surface area contributed by atoms with Gasteiger partial charge in [-0.3, -0.25) is 0 Å². The van der Waals surface area contributed by atoms with Crippen molar-refractivity contribution in [3.05, 3.63) is 24.3 Å². The van der Waals surface area contributed by atoms with Gasteiger partial charge in [0.05, 0.1) is 0 Å². The highest BCUT2D eigenvalue weighted by atomic mass is 19.3. The third kappa shape index (κ3) is 2.95. The van der Waals surface area contributed by atoms with Gasteiger partial charge in [-0.15, -0.1) is 5.26 Å². The summed E-state index contributed by atoms with van der Waals surface area (Å²) in [7, 11) is 0. The normalized spacial score (nSPS) is 9.38. The third-order valence-electron chi connectivity index (χ3n) is 1.21. The standard InChI is InChI=1S/C8H5F2NO2/c9-8(10)13-7-3-1-6(2-4-7)12-5-11/h1-4,8H. The first-order valence-electron chi connectivity index (χ1n) is 3.33. The van der Waals surface area contributed by atoms with Crippen molar-refractivity contribution in [1.29, 1.82) is 5.26 Å². The number of halogens is 2. The van der Waals surface area contributed by atoms with Gasteiger partial charge in [0.1, 0.15) is 11.5 Å². The zero-order valence-corrected chi connectivity index (χ0v) is 6.41. The quantitative estimate of drug-likeness (QED) is 0.677. The molecule has 0 saturated carbocycles. The van der Waals surface area contributed by atoms with E-state index in [2.05, 4.69) is 9.47 Å². The second-order valence-corrected chi connectivity index (χ2v) is 2.04. The van der Waals surface area contributed by atoms with Gasteiger partial charge in [0.15, 0.2) is 0 Å². The second-order valence-electron chi connectivity index (χ2n) is 2.04. The molecule has 0 heterocycles. The molecule has 0 amide bonds. The topological polar surface area (TPSA) is 42.2 Å². The monoisotopic (exact) mass is 185 g/mol. The number of rotatable bonds is 3. The van der Waals surface area contributed by atoms with E-state index in [0.29, 0.717) is 0 Å². The fourth-order valence-corrected chi connectivity index (χ4v) is 0.742. The number of nitriles is 1. The maximum atomic E-state index is 11.7. The Morgan fingerprint density at radius 3 is 2.15 bits per heavy atom. The molecule has 0 N–H and O–H groups in total. The van der Waals surface area contributed by atoms with Crippen molar-refractivity contribution in [3.8, 4) is 17.8 Å². The predicted molar refractivity (Wildman–Crippen MR) is 39.3 cm³/mol. The molecule has 0 fully saturated rings. The summed E-state index contributed by atoms with van der Waals surface area (Å²) in [4.78, 5) is 0. The van der Waals surface area contributed by atoms with Crippen LogP contribution >= 0.6 is 0 Å². The van der Waals surface area contributed by atoms with Crippen molar-refractivity contribution in [3.63, 3.8) is 0 Å². The van der Waals surface area contributed by atoms with Crippen molar-refractivity contribution < 1.29 is 18.3 Å². The van der Waals surface area contributed by atoms with Gasteiger partial charge < -0.3 is 9.47 Å². The zero-order valence-electron chi connectivity index (χ0n) is 6.41. The summed E-state index contributed by atoms with van der Waals surface area (Å²) in [5.41, 5.74) is 0. The Labute approximate surface area is 73.1 Å². The fourth-order valence-electron chi connectivity index (χ4n) is 0.742. The molecule has 0 aliphatic rings. The van der Waals surface area contributed by atoms with Gasteiger partial charge in [0.25, 0.3) is 6.26 Å². The Morgan fingerprint density at radius 2 is 1.69 bits per heavy atom. The Hall–Kier alpha value is -1.83. The molecule has 1 aromatic carbocycles. The van der Waals surface area contributed by atoms with E-state index in [4.69, 9.17) is 5.26 Å². The van der Waals surface area contributed by atoms with E-state index in [0.717, 1.165) is 0 Å². The lowest BCUT2D eigenvalue weighted by Gasteiger charge is -2.03. The number of hydrogen-bond acceptors (Lipinski definition) is 3. The lowest BCUT2D eigenvalue weighted by atomic mass is 10.3. The molecule has 0 aliphatic heterocycles. The Morgan fingerprint density at radius 1 is 1.15 bits per heavy atom. The number of ether oxygens (including phenoxy) is 2. The molecule has 0 saturated heterocycles. The van der Waals surface area contributed by atoms with Gasteiger partial charge in [-0.25, -0.2) is 0 Å². The van der Waals surface area contributed by atoms with Crippen LogP contribution in [0.4, 0.5) is 8.78 Å². The Balaban J connectivity index is 2.65. The van der Waals surface area contributed by atoms with Crippen LogP contribution in [0.2, 0.25) is 0 Å². The zero-order chi connectivity index (χ0) is 9.68. The molecule has 1 aromatic rings. The SMILES string of the molecule is N#COc1ccc(OC(F)F)cc1. The summed E-state index contributed by atoms with van der Waals surface area (Å²) in [6.07, 6.45) is 1.46. The highest BCUT2D eigenvalue weighted by Crippen LogP contribution is 2.18. The molecule has 13 heavy (non-hydrogen) atoms. The summed E-state index contributed by atoms with van der Waals surface area (Å²) in [6, 6.07) is 5.31. The highest BCUT2D eigenvalue weighted by molar-refractivity contribution is 5.31. The predicted octanol–water partition coefficient (Wildman–Crippen LogP) is 2.15. The molecular formula is C8H5F2NO2. The maximum absolute atomic E-state index is 11.7. The van der Waals surface area contributed by atoms with Crippen LogP contribution in [0, 0.1) is 11.5 Å². The van der Waals surface area contributed by atoms with Gasteiger partial charge in [-0.05, 0) is 24.3 Å². The molecule has 1 rings (SSSR count). The maximum Gasteiger partial charge on any atom is 0.387 e. The van der Waals surface area contributed by atoms with E-state index < -0.39 is 6.61 Å². The largest absolute Gasteiger partial charge is 0.435 e. The van der Waals surface area contributed by atoms with E-state index in [1.165, 1.54) is 30.5 Å². The molecule has 0 atom stereocenters. The number of alkyl halides is 2. The first kappa shape index (κ1) is 9.26. The lowest BCUT2D eigenvalue weighted by Crippen LogP contribution is -2.01. The molecule has 3 nitrogen and oxygen atoms in total. The Kier molecular flexibility index (Phi) is 3.03. The smallest absolute Gasteiger partial charge is 0.387 e. The van der Waals surface area contributed by atoms with Crippen LogP contribution in [0.1, 0.15) is 0 Å². The van der Waals surface area contributed by atoms with Crippen LogP contribution in [0.5, 0.6) is 11.5 Å². The Bertz CT molecular complexity index is 305. The molecule has 0 bridgehead atoms. The van der Waals surface area contributed by atoms with E-state index in [9.17, 15) is 8.78 Å². The van der Waals surface area contributed by atoms with E-state index in [1.807, 2.05) is 0 Å². The van der Waals surface area contributed by atoms with E-state index in [-0.39, 0.29) is 11.5 Å². The van der Waals surface area contributed by atoms with Crippen molar-refractivity contribution in [1.82, 2.24) is 0 Å². The van der Waals surface area contributed by atoms with E-state index in [1.54, 1.807) is 0 Å². The average molecular weight is 185 g/mol. The number of hydrogen-bond donors (Lipinski definition) is 0. The second kappa shape index (κ2) is 4.26. The first-order chi connectivity index (χ1) is 6.22. The van der Waals surface area contributed by atoms with Gasteiger partial charge in [-0.2, -0.15) is 8.78 Å². The van der Waals surface area contributed by atoms with Crippen LogP contribution in [0.3, 0.4) is 0 Å². The summed E-state index contributed by atoms with van der Waals surface area (Å²) < 4.78 is 31.8. The molecule has 68 valence electrons. The van der Waals surface area contributed by atoms with E-state index >= 15 is 0 Å². The molecule has 5 heteroatoms. The molecule has 0 aliphatic carbocycles. The summed E-state index contributed by atoms with van der Waals surface area (Å²) in [6.45, 7) is -2.84. The van der Waals surface area contributed by atoms with Crippen LogP contribution in [0.15, 0.2) is 24.3 Å². The molecule has 0 spiro atoms. The fraction of sp³-hybridized carbons (Fsp3) is 0.125. The van der Waals surface area contributed by atoms with Crippen LogP contribution in [-0.4, -0.2) is 6.61 Å². The van der Waals surface area contributed by atoms with Gasteiger partial charge in [0.2, 0.25) is 0 Å². The minimum atomic E-state index is -2.84. The van der Waals surface area contributed by atoms with Crippen molar-refractivity contribution in [2.45, 2.75) is 6.61 Å². The van der Waals surface area contributed by atoms with Crippen molar-refractivity contribution in [2.75, 3.05) is 0 Å². The first-order valence-corrected chi connectivity index (χ1v) is 3.33. The van der Waals surface area contributed by atoms with Crippen molar-refractivity contribution in [2.24, 2.45) is 0 Å². The summed E-state index contributed by atoms with van der Waals surface area (Å²) in [5, 5.41) is 8.11. The van der Waals surface area contributed by atoms with Gasteiger partial charge >= 0.3 is 6.61 Å². The molecule has 0 radical (unpaired) electrons. The van der Waals surface area contributed by atoms with Gasteiger partial charge in [0, 0.05) is 0 Å².